The number of carboxylic acid groups (broad SMARTS) is 1. The summed E-state index contributed by atoms with van der Waals surface area (Å²) in [4.78, 5) is 16.1. The first kappa shape index (κ1) is 17.9. The third-order valence-corrected chi connectivity index (χ3v) is 5.30. The van der Waals surface area contributed by atoms with Crippen molar-refractivity contribution in [3.8, 4) is 17.2 Å². The molecule has 3 aromatic rings. The highest BCUT2D eigenvalue weighted by Gasteiger charge is 2.13. The van der Waals surface area contributed by atoms with Crippen molar-refractivity contribution in [2.45, 2.75) is 11.8 Å². The SMILES string of the molecule is CC(CSc1ccc2cncc(-c3ccc(C#N)cc3F)c2c1)C(=O)O. The van der Waals surface area contributed by atoms with Gasteiger partial charge in [0.2, 0.25) is 0 Å². The quantitative estimate of drug-likeness (QED) is 0.661. The molecule has 0 radical (unpaired) electrons. The van der Waals surface area contributed by atoms with Crippen molar-refractivity contribution in [2.75, 3.05) is 5.75 Å². The van der Waals surface area contributed by atoms with Gasteiger partial charge in [-0.3, -0.25) is 9.78 Å². The van der Waals surface area contributed by atoms with Gasteiger partial charge >= 0.3 is 5.97 Å². The Bertz CT molecular complexity index is 1030. The maximum absolute atomic E-state index is 14.4. The molecule has 0 fully saturated rings. The van der Waals surface area contributed by atoms with E-state index in [2.05, 4.69) is 4.98 Å². The lowest BCUT2D eigenvalue weighted by Gasteiger charge is -2.10. The van der Waals surface area contributed by atoms with Crippen molar-refractivity contribution in [3.05, 3.63) is 60.2 Å². The third kappa shape index (κ3) is 3.68. The number of hydrogen-bond donors (Lipinski definition) is 1. The summed E-state index contributed by atoms with van der Waals surface area (Å²) in [6.45, 7) is 1.66. The number of rotatable bonds is 5. The van der Waals surface area contributed by atoms with Gasteiger partial charge in [0.25, 0.3) is 0 Å². The zero-order chi connectivity index (χ0) is 18.7. The highest BCUT2D eigenvalue weighted by molar-refractivity contribution is 7.99. The van der Waals surface area contributed by atoms with Crippen LogP contribution in [0.25, 0.3) is 21.9 Å². The standard InChI is InChI=1S/C20H15FN2O2S/c1-12(20(24)25)11-26-15-4-3-14-9-23-10-18(17(14)7-15)16-5-2-13(8-22)6-19(16)21/h2-7,9-10,12H,11H2,1H3,(H,24,25). The minimum atomic E-state index is -0.831. The second kappa shape index (κ2) is 7.54. The number of aromatic nitrogens is 1. The monoisotopic (exact) mass is 366 g/mol. The summed E-state index contributed by atoms with van der Waals surface area (Å²) in [6, 6.07) is 12.0. The average Bonchev–Trinajstić information content (AvgIpc) is 2.65. The molecule has 3 rings (SSSR count). The van der Waals surface area contributed by atoms with Gasteiger partial charge in [-0.2, -0.15) is 5.26 Å². The number of pyridine rings is 1. The number of thioether (sulfide) groups is 1. The van der Waals surface area contributed by atoms with E-state index in [1.54, 1.807) is 31.5 Å². The van der Waals surface area contributed by atoms with E-state index in [0.717, 1.165) is 15.7 Å². The normalized spacial score (nSPS) is 11.9. The van der Waals surface area contributed by atoms with Crippen molar-refractivity contribution in [3.63, 3.8) is 0 Å². The average molecular weight is 366 g/mol. The van der Waals surface area contributed by atoms with Gasteiger partial charge in [0.1, 0.15) is 5.82 Å². The van der Waals surface area contributed by atoms with Crippen molar-refractivity contribution in [1.29, 1.82) is 5.26 Å². The smallest absolute Gasteiger partial charge is 0.307 e. The van der Waals surface area contributed by atoms with Crippen molar-refractivity contribution < 1.29 is 14.3 Å². The van der Waals surface area contributed by atoms with E-state index in [9.17, 15) is 9.18 Å². The van der Waals surface area contributed by atoms with E-state index < -0.39 is 17.7 Å². The van der Waals surface area contributed by atoms with E-state index in [1.807, 2.05) is 24.3 Å². The van der Waals surface area contributed by atoms with Crippen LogP contribution >= 0.6 is 11.8 Å². The second-order valence-electron chi connectivity index (χ2n) is 5.93. The summed E-state index contributed by atoms with van der Waals surface area (Å²) in [5.74, 6) is -1.31. The topological polar surface area (TPSA) is 74.0 Å². The highest BCUT2D eigenvalue weighted by Crippen LogP contribution is 2.33. The molecule has 1 unspecified atom stereocenters. The van der Waals surface area contributed by atoms with Gasteiger partial charge in [-0.25, -0.2) is 4.39 Å². The number of nitrogens with zero attached hydrogens (tertiary/aromatic N) is 2. The summed E-state index contributed by atoms with van der Waals surface area (Å²) < 4.78 is 14.4. The van der Waals surface area contributed by atoms with Crippen LogP contribution in [-0.2, 0) is 4.79 Å². The lowest BCUT2D eigenvalue weighted by atomic mass is 9.99. The van der Waals surface area contributed by atoms with E-state index in [0.29, 0.717) is 16.9 Å². The lowest BCUT2D eigenvalue weighted by Crippen LogP contribution is -2.11. The molecule has 0 amide bonds. The van der Waals surface area contributed by atoms with Crippen LogP contribution < -0.4 is 0 Å². The lowest BCUT2D eigenvalue weighted by molar-refractivity contribution is -0.140. The molecular weight excluding hydrogens is 351 g/mol. The molecule has 130 valence electrons. The summed E-state index contributed by atoms with van der Waals surface area (Å²) >= 11 is 1.45. The van der Waals surface area contributed by atoms with Crippen LogP contribution in [0.4, 0.5) is 4.39 Å². The summed E-state index contributed by atoms with van der Waals surface area (Å²) in [7, 11) is 0. The number of carbonyl (C=O) groups is 1. The van der Waals surface area contributed by atoms with Crippen LogP contribution in [0.2, 0.25) is 0 Å². The van der Waals surface area contributed by atoms with Crippen LogP contribution in [0, 0.1) is 23.1 Å². The number of benzene rings is 2. The van der Waals surface area contributed by atoms with Crippen molar-refractivity contribution in [2.24, 2.45) is 5.92 Å². The highest BCUT2D eigenvalue weighted by atomic mass is 32.2. The Hall–Kier alpha value is -2.91. The summed E-state index contributed by atoms with van der Waals surface area (Å²) in [5.41, 5.74) is 1.28. The second-order valence-corrected chi connectivity index (χ2v) is 7.02. The van der Waals surface area contributed by atoms with E-state index in [4.69, 9.17) is 10.4 Å². The van der Waals surface area contributed by atoms with E-state index in [1.165, 1.54) is 17.8 Å². The molecule has 1 heterocycles. The molecule has 1 atom stereocenters. The number of halogens is 1. The van der Waals surface area contributed by atoms with Crippen LogP contribution in [0.15, 0.2) is 53.7 Å². The molecular formula is C20H15FN2O2S. The van der Waals surface area contributed by atoms with Gasteiger partial charge in [-0.1, -0.05) is 19.1 Å². The first-order valence-corrected chi connectivity index (χ1v) is 8.91. The van der Waals surface area contributed by atoms with Crippen molar-refractivity contribution in [1.82, 2.24) is 4.98 Å². The first-order chi connectivity index (χ1) is 12.5. The Labute approximate surface area is 154 Å². The molecule has 1 N–H and O–H groups in total. The Kier molecular flexibility index (Phi) is 5.19. The molecule has 2 aromatic carbocycles. The minimum absolute atomic E-state index is 0.262. The molecule has 0 aliphatic heterocycles. The fourth-order valence-corrected chi connectivity index (χ4v) is 3.49. The predicted molar refractivity (Wildman–Crippen MR) is 99.4 cm³/mol. The molecule has 0 spiro atoms. The van der Waals surface area contributed by atoms with Gasteiger partial charge in [0.05, 0.1) is 17.6 Å². The number of carboxylic acids is 1. The molecule has 1 aromatic heterocycles. The Morgan fingerprint density at radius 1 is 1.27 bits per heavy atom. The predicted octanol–water partition coefficient (Wildman–Crippen LogP) is 4.73. The van der Waals surface area contributed by atoms with E-state index >= 15 is 0 Å². The Morgan fingerprint density at radius 2 is 2.08 bits per heavy atom. The molecule has 0 bridgehead atoms. The third-order valence-electron chi connectivity index (χ3n) is 4.04. The number of aliphatic carboxylic acids is 1. The molecule has 0 saturated carbocycles. The van der Waals surface area contributed by atoms with Crippen LogP contribution in [-0.4, -0.2) is 21.8 Å². The van der Waals surface area contributed by atoms with E-state index in [-0.39, 0.29) is 5.56 Å². The maximum Gasteiger partial charge on any atom is 0.307 e. The van der Waals surface area contributed by atoms with Gasteiger partial charge in [-0.05, 0) is 29.7 Å². The fraction of sp³-hybridized carbons (Fsp3) is 0.150. The van der Waals surface area contributed by atoms with Crippen molar-refractivity contribution >= 4 is 28.5 Å². The zero-order valence-corrected chi connectivity index (χ0v) is 14.8. The number of fused-ring (bicyclic) bond motifs is 1. The molecule has 26 heavy (non-hydrogen) atoms. The Balaban J connectivity index is 2.02. The molecule has 0 aliphatic rings. The van der Waals surface area contributed by atoms with Crippen LogP contribution in [0.1, 0.15) is 12.5 Å². The van der Waals surface area contributed by atoms with Gasteiger partial charge in [-0.15, -0.1) is 11.8 Å². The summed E-state index contributed by atoms with van der Waals surface area (Å²) in [5, 5.41) is 19.6. The van der Waals surface area contributed by atoms with Gasteiger partial charge in [0, 0.05) is 39.6 Å². The first-order valence-electron chi connectivity index (χ1n) is 7.93. The van der Waals surface area contributed by atoms with Gasteiger partial charge in [0.15, 0.2) is 0 Å². The Morgan fingerprint density at radius 3 is 2.77 bits per heavy atom. The minimum Gasteiger partial charge on any atom is -0.481 e. The fourth-order valence-electron chi connectivity index (χ4n) is 2.54. The maximum atomic E-state index is 14.4. The number of hydrogen-bond acceptors (Lipinski definition) is 4. The molecule has 0 aliphatic carbocycles. The van der Waals surface area contributed by atoms with Crippen LogP contribution in [0.3, 0.4) is 0 Å². The summed E-state index contributed by atoms with van der Waals surface area (Å²) in [6.07, 6.45) is 3.30. The zero-order valence-electron chi connectivity index (χ0n) is 13.9. The molecule has 4 nitrogen and oxygen atoms in total. The van der Waals surface area contributed by atoms with Crippen LogP contribution in [0.5, 0.6) is 0 Å². The number of nitriles is 1. The largest absolute Gasteiger partial charge is 0.481 e. The molecule has 6 heteroatoms. The molecule has 0 saturated heterocycles. The van der Waals surface area contributed by atoms with Gasteiger partial charge < -0.3 is 5.11 Å².